The molecule has 0 atom stereocenters. The number of anilines is 1. The van der Waals surface area contributed by atoms with E-state index in [1.807, 2.05) is 54.6 Å². The predicted octanol–water partition coefficient (Wildman–Crippen LogP) is 3.64. The number of urea groups is 1. The molecule has 8 heteroatoms. The highest BCUT2D eigenvalue weighted by Crippen LogP contribution is 2.23. The molecule has 1 aliphatic rings. The number of ether oxygens (including phenoxy) is 1. The maximum atomic E-state index is 12.6. The van der Waals surface area contributed by atoms with E-state index in [0.29, 0.717) is 42.9 Å². The van der Waals surface area contributed by atoms with Crippen LogP contribution in [0.5, 0.6) is 11.5 Å². The molecule has 1 saturated heterocycles. The highest BCUT2D eigenvalue weighted by molar-refractivity contribution is 5.94. The first-order chi connectivity index (χ1) is 15.1. The van der Waals surface area contributed by atoms with Crippen molar-refractivity contribution in [2.45, 2.75) is 18.9 Å². The topological polar surface area (TPSA) is 88.5 Å². The number of hydrogen-bond acceptors (Lipinski definition) is 4. The smallest absolute Gasteiger partial charge is 0.321 e. The van der Waals surface area contributed by atoms with Crippen LogP contribution in [0, 0.1) is 0 Å². The molecule has 160 valence electrons. The molecule has 31 heavy (non-hydrogen) atoms. The van der Waals surface area contributed by atoms with Crippen LogP contribution in [0.3, 0.4) is 0 Å². The van der Waals surface area contributed by atoms with Crippen molar-refractivity contribution in [3.05, 3.63) is 72.6 Å². The second-order valence-corrected chi connectivity index (χ2v) is 7.51. The van der Waals surface area contributed by atoms with Gasteiger partial charge in [-0.15, -0.1) is 0 Å². The Balaban J connectivity index is 1.24. The van der Waals surface area contributed by atoms with Crippen LogP contribution in [0.1, 0.15) is 23.2 Å². The first-order valence-corrected chi connectivity index (χ1v) is 10.3. The van der Waals surface area contributed by atoms with E-state index in [1.54, 1.807) is 29.0 Å². The second-order valence-electron chi connectivity index (χ2n) is 7.51. The molecule has 0 radical (unpaired) electrons. The first kappa shape index (κ1) is 20.5. The zero-order valence-corrected chi connectivity index (χ0v) is 17.3. The van der Waals surface area contributed by atoms with Gasteiger partial charge in [0.1, 0.15) is 11.5 Å². The summed E-state index contributed by atoms with van der Waals surface area (Å²) in [4.78, 5) is 26.6. The summed E-state index contributed by atoms with van der Waals surface area (Å²) in [5.41, 5.74) is 1.25. The molecule has 3 aromatic rings. The monoisotopic (exact) mass is 419 g/mol. The van der Waals surface area contributed by atoms with E-state index >= 15 is 0 Å². The average molecular weight is 419 g/mol. The Morgan fingerprint density at radius 2 is 1.68 bits per heavy atom. The molecule has 2 N–H and O–H groups in total. The molecule has 1 aliphatic heterocycles. The highest BCUT2D eigenvalue weighted by atomic mass is 16.5. The normalized spacial score (nSPS) is 14.2. The van der Waals surface area contributed by atoms with Crippen molar-refractivity contribution in [1.29, 1.82) is 0 Å². The Hall–Kier alpha value is -3.81. The van der Waals surface area contributed by atoms with Crippen molar-refractivity contribution in [1.82, 2.24) is 20.0 Å². The van der Waals surface area contributed by atoms with Gasteiger partial charge in [-0.05, 0) is 49.2 Å². The van der Waals surface area contributed by atoms with Crippen LogP contribution in [0.25, 0.3) is 0 Å². The standard InChI is InChI=1S/C23H25N5O3/c1-27-16-17(15-24-27)22(29)25-19-11-13-28(14-12-19)23(30)26-18-7-9-21(10-8-18)31-20-5-3-2-4-6-20/h2-10,15-16,19H,11-14H2,1H3,(H,25,29)(H,26,30). The fraction of sp³-hybridized carbons (Fsp3) is 0.261. The molecule has 0 saturated carbocycles. The van der Waals surface area contributed by atoms with Crippen molar-refractivity contribution in [3.63, 3.8) is 0 Å². The van der Waals surface area contributed by atoms with Crippen LogP contribution in [-0.4, -0.2) is 45.8 Å². The number of nitrogens with zero attached hydrogens (tertiary/aromatic N) is 3. The molecule has 8 nitrogen and oxygen atoms in total. The van der Waals surface area contributed by atoms with Gasteiger partial charge in [-0.25, -0.2) is 4.79 Å². The van der Waals surface area contributed by atoms with Crippen LogP contribution >= 0.6 is 0 Å². The molecule has 2 aromatic carbocycles. The number of nitrogens with one attached hydrogen (secondary N) is 2. The minimum absolute atomic E-state index is 0.0474. The number of rotatable bonds is 5. The molecule has 0 bridgehead atoms. The van der Waals surface area contributed by atoms with Crippen LogP contribution in [-0.2, 0) is 7.05 Å². The third kappa shape index (κ3) is 5.42. The molecule has 1 aromatic heterocycles. The van der Waals surface area contributed by atoms with E-state index in [-0.39, 0.29) is 18.0 Å². The highest BCUT2D eigenvalue weighted by Gasteiger charge is 2.24. The Morgan fingerprint density at radius 1 is 1.00 bits per heavy atom. The van der Waals surface area contributed by atoms with Gasteiger partial charge in [-0.2, -0.15) is 5.10 Å². The van der Waals surface area contributed by atoms with Crippen molar-refractivity contribution < 1.29 is 14.3 Å². The molecule has 0 spiro atoms. The number of piperidine rings is 1. The SMILES string of the molecule is Cn1cc(C(=O)NC2CCN(C(=O)Nc3ccc(Oc4ccccc4)cc3)CC2)cn1. The van der Waals surface area contributed by atoms with E-state index in [9.17, 15) is 9.59 Å². The lowest BCUT2D eigenvalue weighted by Gasteiger charge is -2.32. The third-order valence-corrected chi connectivity index (χ3v) is 5.17. The predicted molar refractivity (Wildman–Crippen MR) is 117 cm³/mol. The summed E-state index contributed by atoms with van der Waals surface area (Å²) in [5.74, 6) is 1.33. The lowest BCUT2D eigenvalue weighted by molar-refractivity contribution is 0.0919. The minimum atomic E-state index is -0.145. The van der Waals surface area contributed by atoms with Crippen molar-refractivity contribution in [2.24, 2.45) is 7.05 Å². The number of para-hydroxylation sites is 1. The zero-order chi connectivity index (χ0) is 21.6. The summed E-state index contributed by atoms with van der Waals surface area (Å²) in [6.45, 7) is 1.16. The summed E-state index contributed by atoms with van der Waals surface area (Å²) in [5, 5.41) is 9.96. The quantitative estimate of drug-likeness (QED) is 0.661. The summed E-state index contributed by atoms with van der Waals surface area (Å²) in [7, 11) is 1.78. The van der Waals surface area contributed by atoms with Crippen molar-refractivity contribution in [2.75, 3.05) is 18.4 Å². The van der Waals surface area contributed by atoms with Gasteiger partial charge in [-0.3, -0.25) is 9.48 Å². The fourth-order valence-electron chi connectivity index (χ4n) is 3.47. The van der Waals surface area contributed by atoms with E-state index in [2.05, 4.69) is 15.7 Å². The summed E-state index contributed by atoms with van der Waals surface area (Å²) < 4.78 is 7.37. The Labute approximate surface area is 180 Å². The van der Waals surface area contributed by atoms with Crippen LogP contribution in [0.2, 0.25) is 0 Å². The van der Waals surface area contributed by atoms with Crippen LogP contribution in [0.15, 0.2) is 67.0 Å². The van der Waals surface area contributed by atoms with E-state index in [4.69, 9.17) is 4.74 Å². The van der Waals surface area contributed by atoms with Crippen molar-refractivity contribution >= 4 is 17.6 Å². The Morgan fingerprint density at radius 3 is 2.32 bits per heavy atom. The van der Waals surface area contributed by atoms with Crippen LogP contribution < -0.4 is 15.4 Å². The zero-order valence-electron chi connectivity index (χ0n) is 17.3. The van der Waals surface area contributed by atoms with Gasteiger partial charge in [0.05, 0.1) is 11.8 Å². The van der Waals surface area contributed by atoms with Gasteiger partial charge in [-0.1, -0.05) is 18.2 Å². The number of carbonyl (C=O) groups is 2. The number of benzene rings is 2. The molecule has 1 fully saturated rings. The molecule has 4 rings (SSSR count). The van der Waals surface area contributed by atoms with E-state index < -0.39 is 0 Å². The van der Waals surface area contributed by atoms with E-state index in [1.165, 1.54) is 0 Å². The van der Waals surface area contributed by atoms with Gasteiger partial charge in [0.25, 0.3) is 5.91 Å². The Kier molecular flexibility index (Phi) is 6.16. The maximum absolute atomic E-state index is 12.6. The second kappa shape index (κ2) is 9.34. The summed E-state index contributed by atoms with van der Waals surface area (Å²) in [6, 6.07) is 16.7. The molecule has 2 heterocycles. The largest absolute Gasteiger partial charge is 0.457 e. The van der Waals surface area contributed by atoms with Crippen LogP contribution in [0.4, 0.5) is 10.5 Å². The average Bonchev–Trinajstić information content (AvgIpc) is 3.23. The van der Waals surface area contributed by atoms with Gasteiger partial charge in [0.2, 0.25) is 0 Å². The number of likely N-dealkylation sites (tertiary alicyclic amines) is 1. The summed E-state index contributed by atoms with van der Waals surface area (Å²) in [6.07, 6.45) is 4.66. The molecule has 3 amide bonds. The van der Waals surface area contributed by atoms with Gasteiger partial charge >= 0.3 is 6.03 Å². The maximum Gasteiger partial charge on any atom is 0.321 e. The fourth-order valence-corrected chi connectivity index (χ4v) is 3.47. The van der Waals surface area contributed by atoms with E-state index in [0.717, 1.165) is 5.75 Å². The molecular formula is C23H25N5O3. The first-order valence-electron chi connectivity index (χ1n) is 10.3. The summed E-state index contributed by atoms with van der Waals surface area (Å²) >= 11 is 0. The number of hydrogen-bond donors (Lipinski definition) is 2. The lowest BCUT2D eigenvalue weighted by Crippen LogP contribution is -2.47. The molecular weight excluding hydrogens is 394 g/mol. The third-order valence-electron chi connectivity index (χ3n) is 5.17. The van der Waals surface area contributed by atoms with Gasteiger partial charge < -0.3 is 20.3 Å². The lowest BCUT2D eigenvalue weighted by atomic mass is 10.0. The van der Waals surface area contributed by atoms with Crippen molar-refractivity contribution in [3.8, 4) is 11.5 Å². The number of aromatic nitrogens is 2. The van der Waals surface area contributed by atoms with Gasteiger partial charge in [0, 0.05) is 38.1 Å². The number of amides is 3. The minimum Gasteiger partial charge on any atom is -0.457 e. The molecule has 0 aliphatic carbocycles. The number of aryl methyl sites for hydroxylation is 1. The molecule has 0 unspecified atom stereocenters. The Bertz CT molecular complexity index is 1020. The van der Waals surface area contributed by atoms with Gasteiger partial charge in [0.15, 0.2) is 0 Å². The number of carbonyl (C=O) groups excluding carboxylic acids is 2.